The van der Waals surface area contributed by atoms with Crippen molar-refractivity contribution in [1.82, 2.24) is 30.0 Å². The van der Waals surface area contributed by atoms with Gasteiger partial charge in [-0.05, 0) is 50.1 Å². The van der Waals surface area contributed by atoms with Crippen molar-refractivity contribution < 1.29 is 4.79 Å². The minimum atomic E-state index is -0.0444. The molecule has 5 rings (SSSR count). The van der Waals surface area contributed by atoms with Gasteiger partial charge in [0.05, 0.1) is 11.9 Å². The summed E-state index contributed by atoms with van der Waals surface area (Å²) in [5.74, 6) is 0.634. The van der Waals surface area contributed by atoms with Crippen LogP contribution in [0.15, 0.2) is 42.9 Å². The van der Waals surface area contributed by atoms with Crippen LogP contribution in [0.1, 0.15) is 28.0 Å². The van der Waals surface area contributed by atoms with Gasteiger partial charge in [0.25, 0.3) is 5.91 Å². The first-order valence-electron chi connectivity index (χ1n) is 10.4. The maximum absolute atomic E-state index is 12.9. The highest BCUT2D eigenvalue weighted by Gasteiger charge is 2.26. The van der Waals surface area contributed by atoms with Crippen LogP contribution >= 0.6 is 0 Å². The number of benzene rings is 1. The van der Waals surface area contributed by atoms with Crippen molar-refractivity contribution in [3.8, 4) is 11.3 Å². The van der Waals surface area contributed by atoms with Gasteiger partial charge in [-0.15, -0.1) is 0 Å². The van der Waals surface area contributed by atoms with E-state index in [2.05, 4.69) is 32.2 Å². The molecule has 3 aromatic heterocycles. The number of rotatable bonds is 4. The summed E-state index contributed by atoms with van der Waals surface area (Å²) >= 11 is 0. The van der Waals surface area contributed by atoms with E-state index >= 15 is 0 Å². The molecule has 1 amide bonds. The summed E-state index contributed by atoms with van der Waals surface area (Å²) in [6, 6.07) is 7.76. The molecule has 0 saturated carbocycles. The zero-order chi connectivity index (χ0) is 21.5. The molecule has 4 heterocycles. The van der Waals surface area contributed by atoms with E-state index in [1.165, 1.54) is 5.56 Å². The lowest BCUT2D eigenvalue weighted by Crippen LogP contribution is -2.37. The Morgan fingerprint density at radius 3 is 2.94 bits per heavy atom. The lowest BCUT2D eigenvalue weighted by molar-refractivity contribution is 0.0940. The fraction of sp³-hybridized carbons (Fsp3) is 0.304. The second-order valence-electron chi connectivity index (χ2n) is 8.18. The standard InChI is InChI=1S/C23H25N7O/c1-14-15(2)26-21-5-4-16(10-19(14)21)22(31)27-18-7-9-30(13-18)23-24-8-6-20(28-23)17-11-25-29(3)12-17/h4-6,8,10-12,18,26H,7,9,13H2,1-3H3,(H,27,31). The van der Waals surface area contributed by atoms with Crippen LogP contribution < -0.4 is 10.2 Å². The van der Waals surface area contributed by atoms with Crippen molar-refractivity contribution in [2.45, 2.75) is 26.3 Å². The van der Waals surface area contributed by atoms with Crippen molar-refractivity contribution in [2.75, 3.05) is 18.0 Å². The third-order valence-electron chi connectivity index (χ3n) is 6.02. The number of hydrogen-bond donors (Lipinski definition) is 2. The van der Waals surface area contributed by atoms with Crippen LogP contribution in [-0.2, 0) is 7.05 Å². The number of aryl methyl sites for hydroxylation is 3. The molecule has 1 aliphatic rings. The number of nitrogens with zero attached hydrogens (tertiary/aromatic N) is 5. The van der Waals surface area contributed by atoms with Gasteiger partial charge in [0.1, 0.15) is 0 Å². The molecule has 0 spiro atoms. The van der Waals surface area contributed by atoms with E-state index in [1.807, 2.05) is 44.4 Å². The zero-order valence-electron chi connectivity index (χ0n) is 17.9. The SMILES string of the molecule is Cc1[nH]c2ccc(C(=O)NC3CCN(c4nccc(-c5cnn(C)c5)n4)C3)cc2c1C. The van der Waals surface area contributed by atoms with Crippen molar-refractivity contribution in [2.24, 2.45) is 7.05 Å². The van der Waals surface area contributed by atoms with Crippen molar-refractivity contribution in [3.63, 3.8) is 0 Å². The summed E-state index contributed by atoms with van der Waals surface area (Å²) in [6.07, 6.45) is 6.36. The van der Waals surface area contributed by atoms with Gasteiger partial charge in [-0.1, -0.05) is 0 Å². The zero-order valence-corrected chi connectivity index (χ0v) is 17.9. The van der Waals surface area contributed by atoms with Crippen molar-refractivity contribution in [3.05, 3.63) is 59.7 Å². The Morgan fingerprint density at radius 1 is 1.26 bits per heavy atom. The Labute approximate surface area is 180 Å². The topological polar surface area (TPSA) is 91.7 Å². The number of hydrogen-bond acceptors (Lipinski definition) is 5. The number of H-pyrrole nitrogens is 1. The van der Waals surface area contributed by atoms with Crippen LogP contribution in [0.4, 0.5) is 5.95 Å². The molecule has 1 aliphatic heterocycles. The molecule has 1 saturated heterocycles. The molecule has 0 radical (unpaired) electrons. The first kappa shape index (κ1) is 19.3. The average Bonchev–Trinajstić information content (AvgIpc) is 3.48. The summed E-state index contributed by atoms with van der Waals surface area (Å²) < 4.78 is 1.76. The van der Waals surface area contributed by atoms with E-state index in [-0.39, 0.29) is 11.9 Å². The van der Waals surface area contributed by atoms with Crippen LogP contribution in [0.3, 0.4) is 0 Å². The Bertz CT molecular complexity index is 1270. The van der Waals surface area contributed by atoms with E-state index in [1.54, 1.807) is 17.1 Å². The normalized spacial score (nSPS) is 16.2. The third kappa shape index (κ3) is 3.65. The fourth-order valence-electron chi connectivity index (χ4n) is 4.15. The summed E-state index contributed by atoms with van der Waals surface area (Å²) in [5, 5.41) is 8.48. The molecule has 31 heavy (non-hydrogen) atoms. The molecule has 1 unspecified atom stereocenters. The first-order chi connectivity index (χ1) is 15.0. The largest absolute Gasteiger partial charge is 0.358 e. The fourth-order valence-corrected chi connectivity index (χ4v) is 4.15. The molecule has 8 nitrogen and oxygen atoms in total. The maximum atomic E-state index is 12.9. The van der Waals surface area contributed by atoms with E-state index < -0.39 is 0 Å². The van der Waals surface area contributed by atoms with Gasteiger partial charge in [-0.3, -0.25) is 9.48 Å². The minimum Gasteiger partial charge on any atom is -0.358 e. The van der Waals surface area contributed by atoms with Gasteiger partial charge < -0.3 is 15.2 Å². The van der Waals surface area contributed by atoms with Crippen LogP contribution in [0, 0.1) is 13.8 Å². The lowest BCUT2D eigenvalue weighted by atomic mass is 10.1. The van der Waals surface area contributed by atoms with E-state index in [0.717, 1.165) is 40.8 Å². The molecule has 4 aromatic rings. The molecule has 1 atom stereocenters. The van der Waals surface area contributed by atoms with E-state index in [9.17, 15) is 4.79 Å². The molecular weight excluding hydrogens is 390 g/mol. The molecule has 158 valence electrons. The Kier molecular flexibility index (Phi) is 4.69. The third-order valence-corrected chi connectivity index (χ3v) is 6.02. The Balaban J connectivity index is 1.28. The van der Waals surface area contributed by atoms with Gasteiger partial charge in [0.2, 0.25) is 5.95 Å². The summed E-state index contributed by atoms with van der Waals surface area (Å²) in [5.41, 5.74) is 5.86. The number of carbonyl (C=O) groups excluding carboxylic acids is 1. The quantitative estimate of drug-likeness (QED) is 0.535. The molecule has 0 bridgehead atoms. The van der Waals surface area contributed by atoms with Crippen molar-refractivity contribution in [1.29, 1.82) is 0 Å². The smallest absolute Gasteiger partial charge is 0.251 e. The lowest BCUT2D eigenvalue weighted by Gasteiger charge is -2.17. The molecule has 1 fully saturated rings. The number of aromatic amines is 1. The highest BCUT2D eigenvalue weighted by Crippen LogP contribution is 2.24. The van der Waals surface area contributed by atoms with Crippen LogP contribution in [0.2, 0.25) is 0 Å². The van der Waals surface area contributed by atoms with Gasteiger partial charge in [-0.25, -0.2) is 9.97 Å². The number of anilines is 1. The van der Waals surface area contributed by atoms with E-state index in [4.69, 9.17) is 4.98 Å². The van der Waals surface area contributed by atoms with E-state index in [0.29, 0.717) is 18.1 Å². The predicted octanol–water partition coefficient (Wildman–Crippen LogP) is 2.98. The predicted molar refractivity (Wildman–Crippen MR) is 120 cm³/mol. The first-order valence-corrected chi connectivity index (χ1v) is 10.4. The molecule has 1 aromatic carbocycles. The summed E-state index contributed by atoms with van der Waals surface area (Å²) in [4.78, 5) is 27.5. The maximum Gasteiger partial charge on any atom is 0.251 e. The molecular formula is C23H25N7O. The monoisotopic (exact) mass is 415 g/mol. The molecule has 8 heteroatoms. The number of carbonyl (C=O) groups is 1. The highest BCUT2D eigenvalue weighted by atomic mass is 16.1. The highest BCUT2D eigenvalue weighted by molar-refractivity contribution is 5.99. The molecule has 0 aliphatic carbocycles. The second-order valence-corrected chi connectivity index (χ2v) is 8.18. The van der Waals surface area contributed by atoms with Gasteiger partial charge in [0, 0.05) is 66.3 Å². The van der Waals surface area contributed by atoms with Crippen LogP contribution in [-0.4, -0.2) is 49.8 Å². The van der Waals surface area contributed by atoms with Crippen LogP contribution in [0.25, 0.3) is 22.2 Å². The van der Waals surface area contributed by atoms with Crippen molar-refractivity contribution >= 4 is 22.8 Å². The number of aromatic nitrogens is 5. The number of amides is 1. The van der Waals surface area contributed by atoms with Crippen LogP contribution in [0.5, 0.6) is 0 Å². The van der Waals surface area contributed by atoms with Gasteiger partial charge in [0.15, 0.2) is 0 Å². The second kappa shape index (κ2) is 7.54. The Morgan fingerprint density at radius 2 is 2.13 bits per heavy atom. The summed E-state index contributed by atoms with van der Waals surface area (Å²) in [6.45, 7) is 5.61. The average molecular weight is 416 g/mol. The summed E-state index contributed by atoms with van der Waals surface area (Å²) in [7, 11) is 1.88. The number of fused-ring (bicyclic) bond motifs is 1. The Hall–Kier alpha value is -3.68. The van der Waals surface area contributed by atoms with Gasteiger partial charge in [-0.2, -0.15) is 5.10 Å². The molecule has 2 N–H and O–H groups in total. The van der Waals surface area contributed by atoms with Gasteiger partial charge >= 0.3 is 0 Å². The minimum absolute atomic E-state index is 0.0444. The number of nitrogens with one attached hydrogen (secondary N) is 2.